The summed E-state index contributed by atoms with van der Waals surface area (Å²) in [7, 11) is 0. The minimum absolute atomic E-state index is 0. The van der Waals surface area contributed by atoms with E-state index in [1.807, 2.05) is 18.2 Å². The number of carbonyl (C=O) groups is 1. The molecule has 1 N–H and O–H groups in total. The molecule has 0 fully saturated rings. The predicted molar refractivity (Wildman–Crippen MR) is 144 cm³/mol. The van der Waals surface area contributed by atoms with E-state index < -0.39 is 5.97 Å². The van der Waals surface area contributed by atoms with Crippen LogP contribution in [0.2, 0.25) is 5.02 Å². The van der Waals surface area contributed by atoms with Crippen LogP contribution in [-0.4, -0.2) is 37.0 Å². The van der Waals surface area contributed by atoms with Crippen molar-refractivity contribution >= 4 is 35.9 Å². The van der Waals surface area contributed by atoms with Gasteiger partial charge in [0.25, 0.3) is 0 Å². The van der Waals surface area contributed by atoms with Gasteiger partial charge in [0.15, 0.2) is 0 Å². The number of halogens is 1. The first kappa shape index (κ1) is 32.8. The molecule has 0 bridgehead atoms. The number of hydrogen-bond acceptors (Lipinski definition) is 4. The Balaban J connectivity index is 0.00000353. The van der Waals surface area contributed by atoms with Crippen molar-refractivity contribution < 1.29 is 34.1 Å². The van der Waals surface area contributed by atoms with Gasteiger partial charge in [0.05, 0.1) is 17.9 Å². The molecule has 2 aromatic rings. The van der Waals surface area contributed by atoms with Crippen LogP contribution in [0.3, 0.4) is 0 Å². The molecule has 0 aromatic heterocycles. The number of rotatable bonds is 14. The molecule has 1 radical (unpaired) electrons. The van der Waals surface area contributed by atoms with E-state index in [0.717, 1.165) is 68.1 Å². The Kier molecular flexibility index (Phi) is 18.3. The van der Waals surface area contributed by atoms with Gasteiger partial charge in [-0.25, -0.2) is 4.79 Å². The van der Waals surface area contributed by atoms with Crippen LogP contribution in [0.4, 0.5) is 5.69 Å². The van der Waals surface area contributed by atoms with E-state index in [1.54, 1.807) is 24.5 Å². The number of nitrogens with zero attached hydrogens (tertiary/aromatic N) is 1. The van der Waals surface area contributed by atoms with Crippen LogP contribution >= 0.6 is 24.2 Å². The van der Waals surface area contributed by atoms with Crippen LogP contribution in [-0.2, 0) is 25.9 Å². The summed E-state index contributed by atoms with van der Waals surface area (Å²) in [5, 5.41) is 10.2. The zero-order valence-electron chi connectivity index (χ0n) is 20.6. The molecule has 0 amide bonds. The Hall–Kier alpha value is -1.23. The van der Waals surface area contributed by atoms with E-state index in [4.69, 9.17) is 16.3 Å². The molecule has 0 aliphatic carbocycles. The maximum absolute atomic E-state index is 11.5. The molecule has 7 heteroatoms. The molecule has 0 aliphatic heterocycles. The van der Waals surface area contributed by atoms with Crippen molar-refractivity contribution in [3.63, 3.8) is 0 Å². The Labute approximate surface area is 229 Å². The van der Waals surface area contributed by atoms with Crippen molar-refractivity contribution in [2.24, 2.45) is 5.92 Å². The standard InChI is InChI=1S/C26H35ClNO3.CH4S.Ru/c1-4-10-20(5-2)19-28(6-3)24-18-22(26(29)30)14-15-25(24)31-16-8-7-11-21-12-9-13-23(27)17-21;1-2;/h9,12-15,17-18,20H,1,4-8,10-11,16,19H2,2-3H3,(H,29,30);2H,1H3;/q-1;;+1. The van der Waals surface area contributed by atoms with E-state index in [2.05, 4.69) is 44.4 Å². The first-order chi connectivity index (χ1) is 16.0. The van der Waals surface area contributed by atoms with E-state index in [1.165, 1.54) is 5.56 Å². The molecule has 2 aromatic carbocycles. The van der Waals surface area contributed by atoms with Crippen molar-refractivity contribution in [2.45, 2.75) is 52.4 Å². The van der Waals surface area contributed by atoms with E-state index >= 15 is 0 Å². The number of carboxylic acid groups (broad SMARTS) is 1. The quantitative estimate of drug-likeness (QED) is 0.103. The summed E-state index contributed by atoms with van der Waals surface area (Å²) in [6.07, 6.45) is 7.61. The molecular formula is C27H39ClNO3RuS. The van der Waals surface area contributed by atoms with Gasteiger partial charge >= 0.3 is 25.4 Å². The summed E-state index contributed by atoms with van der Waals surface area (Å²) in [5.74, 6) is 0.353. The fourth-order valence-electron chi connectivity index (χ4n) is 3.75. The third-order valence-electron chi connectivity index (χ3n) is 5.60. The normalized spacial score (nSPS) is 11.0. The second kappa shape index (κ2) is 19.0. The van der Waals surface area contributed by atoms with Gasteiger partial charge in [-0.2, -0.15) is 19.0 Å². The van der Waals surface area contributed by atoms with Crippen LogP contribution < -0.4 is 9.64 Å². The van der Waals surface area contributed by atoms with Crippen molar-refractivity contribution in [2.75, 3.05) is 30.9 Å². The zero-order chi connectivity index (χ0) is 24.6. The number of carboxylic acids is 1. The van der Waals surface area contributed by atoms with Gasteiger partial charge in [0, 0.05) is 18.1 Å². The first-order valence-corrected chi connectivity index (χ1v) is 13.0. The van der Waals surface area contributed by atoms with Crippen LogP contribution in [0, 0.1) is 12.8 Å². The Morgan fingerprint density at radius 1 is 1.18 bits per heavy atom. The maximum Gasteiger partial charge on any atom is 1.00 e. The minimum atomic E-state index is -0.921. The van der Waals surface area contributed by atoms with E-state index in [-0.39, 0.29) is 25.0 Å². The fraction of sp³-hybridized carbons (Fsp3) is 0.481. The van der Waals surface area contributed by atoms with Crippen LogP contribution in [0.5, 0.6) is 5.75 Å². The number of anilines is 1. The molecule has 0 heterocycles. The molecule has 1 atom stereocenters. The number of unbranched alkanes of at least 4 members (excludes halogenated alkanes) is 1. The molecular weight excluding hydrogens is 555 g/mol. The van der Waals surface area contributed by atoms with Gasteiger partial charge in [-0.1, -0.05) is 43.5 Å². The zero-order valence-corrected chi connectivity index (χ0v) is 24.0. The third-order valence-corrected chi connectivity index (χ3v) is 5.84. The van der Waals surface area contributed by atoms with Crippen LogP contribution in [0.15, 0.2) is 42.5 Å². The number of thiol groups is 1. The number of hydrogen-bond donors (Lipinski definition) is 2. The Morgan fingerprint density at radius 3 is 2.50 bits per heavy atom. The van der Waals surface area contributed by atoms with Crippen molar-refractivity contribution in [1.82, 2.24) is 0 Å². The smallest absolute Gasteiger partial charge is 0.491 e. The summed E-state index contributed by atoms with van der Waals surface area (Å²) in [4.78, 5) is 13.8. The second-order valence-electron chi connectivity index (χ2n) is 7.88. The van der Waals surface area contributed by atoms with Gasteiger partial charge in [0.2, 0.25) is 0 Å². The molecule has 1 unspecified atom stereocenters. The SMILES string of the molecule is CS.[CH2-]CCC(CC)CN(CC)c1cc(C(=O)O)ccc1OCCCCc1cccc(Cl)c1.[Ru+]. The summed E-state index contributed by atoms with van der Waals surface area (Å²) in [5.41, 5.74) is 2.37. The van der Waals surface area contributed by atoms with E-state index in [0.29, 0.717) is 12.5 Å². The molecule has 0 saturated carbocycles. The molecule has 0 saturated heterocycles. The summed E-state index contributed by atoms with van der Waals surface area (Å²) < 4.78 is 6.12. The molecule has 0 spiro atoms. The topological polar surface area (TPSA) is 49.8 Å². The summed E-state index contributed by atoms with van der Waals surface area (Å²) in [6.45, 7) is 10.5. The third kappa shape index (κ3) is 11.5. The Bertz CT molecular complexity index is 837. The molecule has 4 nitrogen and oxygen atoms in total. The average molecular weight is 594 g/mol. The largest absolute Gasteiger partial charge is 1.00 e. The van der Waals surface area contributed by atoms with Gasteiger partial charge in [-0.3, -0.25) is 0 Å². The van der Waals surface area contributed by atoms with Crippen molar-refractivity contribution in [1.29, 1.82) is 0 Å². The minimum Gasteiger partial charge on any atom is -0.491 e. The summed E-state index contributed by atoms with van der Waals surface area (Å²) in [6, 6.07) is 13.1. The van der Waals surface area contributed by atoms with Gasteiger partial charge in [-0.15, -0.1) is 0 Å². The Morgan fingerprint density at radius 2 is 1.91 bits per heavy atom. The monoisotopic (exact) mass is 594 g/mol. The molecule has 34 heavy (non-hydrogen) atoms. The summed E-state index contributed by atoms with van der Waals surface area (Å²) >= 11 is 9.58. The maximum atomic E-state index is 11.5. The van der Waals surface area contributed by atoms with Crippen LogP contribution in [0.1, 0.15) is 61.9 Å². The van der Waals surface area contributed by atoms with E-state index in [9.17, 15) is 9.90 Å². The van der Waals surface area contributed by atoms with Crippen LogP contribution in [0.25, 0.3) is 0 Å². The fourth-order valence-corrected chi connectivity index (χ4v) is 3.96. The van der Waals surface area contributed by atoms with Crippen molar-refractivity contribution in [3.8, 4) is 5.75 Å². The number of aryl methyl sites for hydroxylation is 1. The number of aromatic carboxylic acids is 1. The number of benzene rings is 2. The van der Waals surface area contributed by atoms with Gasteiger partial charge < -0.3 is 21.7 Å². The first-order valence-electron chi connectivity index (χ1n) is 11.7. The predicted octanol–water partition coefficient (Wildman–Crippen LogP) is 7.45. The molecule has 0 aliphatic rings. The van der Waals surface area contributed by atoms with Gasteiger partial charge in [0.1, 0.15) is 5.75 Å². The molecule has 2 rings (SSSR count). The second-order valence-corrected chi connectivity index (χ2v) is 8.31. The number of ether oxygens (including phenoxy) is 1. The van der Waals surface area contributed by atoms with Crippen molar-refractivity contribution in [3.05, 3.63) is 65.5 Å². The average Bonchev–Trinajstić information content (AvgIpc) is 2.83. The molecule has 191 valence electrons. The van der Waals surface area contributed by atoms with Gasteiger partial charge in [-0.05, 0) is 74.3 Å².